The smallest absolute Gasteiger partial charge is 0.200 e. The standard InChI is InChI=1S/C18H19N3S2/c1-11-4-3-5-13(8-11)21-17(19-20-18(21)22)15-10-23-16-9-12(2)6-7-14(15)16/h3-5,8,10,12H,6-7,9H2,1-2H3,(H,20,22)/t12-/m0/s1. The monoisotopic (exact) mass is 341 g/mol. The highest BCUT2D eigenvalue weighted by Crippen LogP contribution is 2.38. The fourth-order valence-electron chi connectivity index (χ4n) is 3.35. The van der Waals surface area contributed by atoms with Crippen molar-refractivity contribution in [2.24, 2.45) is 5.92 Å². The highest BCUT2D eigenvalue weighted by Gasteiger charge is 2.23. The molecule has 1 aliphatic rings. The maximum atomic E-state index is 5.49. The maximum Gasteiger partial charge on any atom is 0.200 e. The van der Waals surface area contributed by atoms with E-state index in [0.29, 0.717) is 4.77 Å². The molecule has 3 nitrogen and oxygen atoms in total. The van der Waals surface area contributed by atoms with Crippen molar-refractivity contribution >= 4 is 23.6 Å². The van der Waals surface area contributed by atoms with Crippen molar-refractivity contribution in [1.29, 1.82) is 0 Å². The number of benzene rings is 1. The number of thiophene rings is 1. The lowest BCUT2D eigenvalue weighted by atomic mass is 9.88. The van der Waals surface area contributed by atoms with Crippen molar-refractivity contribution in [2.75, 3.05) is 0 Å². The molecule has 4 rings (SSSR count). The fraction of sp³-hybridized carbons (Fsp3) is 0.333. The van der Waals surface area contributed by atoms with E-state index in [0.717, 1.165) is 23.9 Å². The van der Waals surface area contributed by atoms with Gasteiger partial charge in [0.2, 0.25) is 0 Å². The zero-order valence-corrected chi connectivity index (χ0v) is 14.9. The van der Waals surface area contributed by atoms with E-state index in [4.69, 9.17) is 12.2 Å². The van der Waals surface area contributed by atoms with Crippen LogP contribution >= 0.6 is 23.6 Å². The lowest BCUT2D eigenvalue weighted by Crippen LogP contribution is -2.09. The lowest BCUT2D eigenvalue weighted by molar-refractivity contribution is 0.508. The normalized spacial score (nSPS) is 17.2. The largest absolute Gasteiger partial charge is 0.268 e. The van der Waals surface area contributed by atoms with E-state index in [1.165, 1.54) is 34.4 Å². The molecule has 3 aromatic rings. The molecular weight excluding hydrogens is 322 g/mol. The van der Waals surface area contributed by atoms with Gasteiger partial charge in [0.1, 0.15) is 0 Å². The van der Waals surface area contributed by atoms with Crippen molar-refractivity contribution in [3.05, 3.63) is 50.4 Å². The number of aromatic amines is 1. The van der Waals surface area contributed by atoms with Crippen LogP contribution in [0.3, 0.4) is 0 Å². The molecule has 0 fully saturated rings. The van der Waals surface area contributed by atoms with Crippen LogP contribution in [-0.4, -0.2) is 14.8 Å². The third-order valence-electron chi connectivity index (χ3n) is 4.57. The second-order valence-electron chi connectivity index (χ2n) is 6.43. The van der Waals surface area contributed by atoms with Gasteiger partial charge < -0.3 is 0 Å². The summed E-state index contributed by atoms with van der Waals surface area (Å²) in [6.07, 6.45) is 3.59. The van der Waals surface area contributed by atoms with Crippen LogP contribution in [0.5, 0.6) is 0 Å². The van der Waals surface area contributed by atoms with Gasteiger partial charge in [0.25, 0.3) is 0 Å². The molecule has 2 heterocycles. The first-order valence-electron chi connectivity index (χ1n) is 7.97. The van der Waals surface area contributed by atoms with Crippen molar-refractivity contribution in [2.45, 2.75) is 33.1 Å². The second-order valence-corrected chi connectivity index (χ2v) is 7.78. The number of rotatable bonds is 2. The summed E-state index contributed by atoms with van der Waals surface area (Å²) in [6.45, 7) is 4.44. The molecule has 0 amide bonds. The van der Waals surface area contributed by atoms with Crippen LogP contribution in [0.1, 0.15) is 29.3 Å². The molecule has 0 aliphatic heterocycles. The second kappa shape index (κ2) is 5.73. The number of hydrogen-bond donors (Lipinski definition) is 1. The summed E-state index contributed by atoms with van der Waals surface area (Å²) >= 11 is 7.36. The average Bonchev–Trinajstić information content (AvgIpc) is 3.10. The Morgan fingerprint density at radius 2 is 2.26 bits per heavy atom. The molecule has 0 saturated carbocycles. The highest BCUT2D eigenvalue weighted by molar-refractivity contribution is 7.71. The highest BCUT2D eigenvalue weighted by atomic mass is 32.1. The Labute approximate surface area is 145 Å². The molecule has 23 heavy (non-hydrogen) atoms. The van der Waals surface area contributed by atoms with Gasteiger partial charge in [-0.2, -0.15) is 5.10 Å². The minimum Gasteiger partial charge on any atom is -0.268 e. The van der Waals surface area contributed by atoms with Crippen LogP contribution in [0.15, 0.2) is 29.6 Å². The van der Waals surface area contributed by atoms with Crippen molar-refractivity contribution in [3.8, 4) is 17.1 Å². The van der Waals surface area contributed by atoms with E-state index in [1.807, 2.05) is 11.3 Å². The number of H-pyrrole nitrogens is 1. The SMILES string of the molecule is Cc1cccc(-n2c(-c3csc4c3CC[C@H](C)C4)n[nH]c2=S)c1. The minimum absolute atomic E-state index is 0.648. The summed E-state index contributed by atoms with van der Waals surface area (Å²) in [5.74, 6) is 1.72. The summed E-state index contributed by atoms with van der Waals surface area (Å²) in [6, 6.07) is 8.40. The van der Waals surface area contributed by atoms with Crippen LogP contribution in [0.25, 0.3) is 17.1 Å². The molecule has 5 heteroatoms. The summed E-state index contributed by atoms with van der Waals surface area (Å²) in [5.41, 5.74) is 5.00. The summed E-state index contributed by atoms with van der Waals surface area (Å²) in [7, 11) is 0. The Kier molecular flexibility index (Phi) is 3.70. The number of fused-ring (bicyclic) bond motifs is 1. The summed E-state index contributed by atoms with van der Waals surface area (Å²) in [5, 5.41) is 9.77. The van der Waals surface area contributed by atoms with E-state index in [9.17, 15) is 0 Å². The third kappa shape index (κ3) is 2.58. The number of aromatic nitrogens is 3. The van der Waals surface area contributed by atoms with Crippen molar-refractivity contribution in [1.82, 2.24) is 14.8 Å². The zero-order valence-electron chi connectivity index (χ0n) is 13.3. The molecule has 0 unspecified atom stereocenters. The first kappa shape index (κ1) is 14.8. The topological polar surface area (TPSA) is 33.6 Å². The molecule has 1 atom stereocenters. The Bertz CT molecular complexity index is 916. The van der Waals surface area contributed by atoms with Gasteiger partial charge in [-0.1, -0.05) is 19.1 Å². The predicted octanol–water partition coefficient (Wildman–Crippen LogP) is 5.09. The Morgan fingerprint density at radius 1 is 1.39 bits per heavy atom. The van der Waals surface area contributed by atoms with Crippen molar-refractivity contribution < 1.29 is 0 Å². The number of aryl methyl sites for hydroxylation is 1. The molecule has 1 aromatic carbocycles. The van der Waals surface area contributed by atoms with Gasteiger partial charge in [-0.25, -0.2) is 0 Å². The van der Waals surface area contributed by atoms with Gasteiger partial charge >= 0.3 is 0 Å². The van der Waals surface area contributed by atoms with E-state index in [-0.39, 0.29) is 0 Å². The molecule has 0 bridgehead atoms. The Balaban J connectivity index is 1.88. The van der Waals surface area contributed by atoms with Gasteiger partial charge in [0.15, 0.2) is 10.6 Å². The van der Waals surface area contributed by atoms with E-state index in [1.54, 1.807) is 0 Å². The number of nitrogens with zero attached hydrogens (tertiary/aromatic N) is 2. The van der Waals surface area contributed by atoms with Crippen LogP contribution < -0.4 is 0 Å². The summed E-state index contributed by atoms with van der Waals surface area (Å²) < 4.78 is 2.71. The zero-order chi connectivity index (χ0) is 16.0. The molecule has 1 N–H and O–H groups in total. The fourth-order valence-corrected chi connectivity index (χ4v) is 4.83. The lowest BCUT2D eigenvalue weighted by Gasteiger charge is -2.19. The van der Waals surface area contributed by atoms with Crippen LogP contribution in [0, 0.1) is 17.6 Å². The predicted molar refractivity (Wildman–Crippen MR) is 98.0 cm³/mol. The van der Waals surface area contributed by atoms with Gasteiger partial charge in [-0.3, -0.25) is 9.67 Å². The molecule has 0 radical (unpaired) electrons. The van der Waals surface area contributed by atoms with Crippen LogP contribution in [-0.2, 0) is 12.8 Å². The molecule has 1 aliphatic carbocycles. The van der Waals surface area contributed by atoms with Gasteiger partial charge in [-0.05, 0) is 67.6 Å². The number of hydrogen-bond acceptors (Lipinski definition) is 3. The minimum atomic E-state index is 0.648. The molecule has 0 spiro atoms. The Morgan fingerprint density at radius 3 is 3.09 bits per heavy atom. The maximum absolute atomic E-state index is 5.49. The van der Waals surface area contributed by atoms with Gasteiger partial charge in [-0.15, -0.1) is 11.3 Å². The first-order chi connectivity index (χ1) is 11.1. The van der Waals surface area contributed by atoms with E-state index < -0.39 is 0 Å². The molecule has 118 valence electrons. The van der Waals surface area contributed by atoms with E-state index >= 15 is 0 Å². The van der Waals surface area contributed by atoms with Crippen LogP contribution in [0.2, 0.25) is 0 Å². The molecule has 0 saturated heterocycles. The first-order valence-corrected chi connectivity index (χ1v) is 9.26. The quantitative estimate of drug-likeness (QED) is 0.659. The molecular formula is C18H19N3S2. The van der Waals surface area contributed by atoms with Crippen LogP contribution in [0.4, 0.5) is 0 Å². The third-order valence-corrected chi connectivity index (χ3v) is 5.90. The molecule has 2 aromatic heterocycles. The van der Waals surface area contributed by atoms with Crippen molar-refractivity contribution in [3.63, 3.8) is 0 Å². The summed E-state index contributed by atoms with van der Waals surface area (Å²) in [4.78, 5) is 1.52. The van der Waals surface area contributed by atoms with Gasteiger partial charge in [0.05, 0.1) is 5.69 Å². The van der Waals surface area contributed by atoms with E-state index in [2.05, 4.69) is 58.3 Å². The van der Waals surface area contributed by atoms with Gasteiger partial charge in [0, 0.05) is 15.8 Å². The average molecular weight is 342 g/mol. The Hall–Kier alpha value is -1.72. The number of nitrogens with one attached hydrogen (secondary N) is 1.